The van der Waals surface area contributed by atoms with E-state index in [0.29, 0.717) is 32.6 Å². The molecule has 0 radical (unpaired) electrons. The summed E-state index contributed by atoms with van der Waals surface area (Å²) in [5.41, 5.74) is 1.82. The predicted octanol–water partition coefficient (Wildman–Crippen LogP) is 1.94. The number of carbonyl (C=O) groups excluding carboxylic acids is 2. The summed E-state index contributed by atoms with van der Waals surface area (Å²) in [5.74, 6) is 0.197. The molecule has 7 heteroatoms. The van der Waals surface area contributed by atoms with E-state index in [0.717, 1.165) is 37.2 Å². The number of nitrogens with zero attached hydrogens (tertiary/aromatic N) is 1. The number of rotatable bonds is 5. The van der Waals surface area contributed by atoms with Gasteiger partial charge in [-0.2, -0.15) is 0 Å². The Bertz CT molecular complexity index is 591. The predicted molar refractivity (Wildman–Crippen MR) is 98.8 cm³/mol. The maximum Gasteiger partial charge on any atom is 0.226 e. The highest BCUT2D eigenvalue weighted by Gasteiger charge is 2.19. The van der Waals surface area contributed by atoms with Crippen LogP contribution in [0.2, 0.25) is 0 Å². The van der Waals surface area contributed by atoms with Crippen molar-refractivity contribution in [2.75, 3.05) is 31.6 Å². The Kier molecular flexibility index (Phi) is 7.68. The van der Waals surface area contributed by atoms with Crippen LogP contribution in [0.1, 0.15) is 31.2 Å². The number of morpholine rings is 1. The van der Waals surface area contributed by atoms with Crippen LogP contribution in [0.15, 0.2) is 24.3 Å². The van der Waals surface area contributed by atoms with Crippen LogP contribution in [0.3, 0.4) is 0 Å². The van der Waals surface area contributed by atoms with Gasteiger partial charge in [0.1, 0.15) is 0 Å². The normalized spacial score (nSPS) is 20.7. The van der Waals surface area contributed by atoms with Gasteiger partial charge in [-0.25, -0.2) is 0 Å². The molecule has 0 spiro atoms. The molecule has 0 saturated carbocycles. The summed E-state index contributed by atoms with van der Waals surface area (Å²) >= 11 is 0. The molecule has 1 unspecified atom stereocenters. The van der Waals surface area contributed by atoms with Crippen LogP contribution < -0.4 is 10.6 Å². The lowest BCUT2D eigenvalue weighted by Gasteiger charge is -2.27. The van der Waals surface area contributed by atoms with Crippen molar-refractivity contribution in [3.05, 3.63) is 29.8 Å². The van der Waals surface area contributed by atoms with Crippen LogP contribution >= 0.6 is 12.4 Å². The van der Waals surface area contributed by atoms with Crippen molar-refractivity contribution in [3.8, 4) is 0 Å². The number of hydrogen-bond acceptors (Lipinski definition) is 4. The lowest BCUT2D eigenvalue weighted by Crippen LogP contribution is -2.43. The number of halogens is 1. The van der Waals surface area contributed by atoms with Crippen LogP contribution in [-0.4, -0.2) is 49.1 Å². The molecule has 6 nitrogen and oxygen atoms in total. The maximum absolute atomic E-state index is 12.2. The number of amides is 2. The van der Waals surface area contributed by atoms with Gasteiger partial charge in [0.2, 0.25) is 11.8 Å². The minimum absolute atomic E-state index is 0. The van der Waals surface area contributed by atoms with Gasteiger partial charge >= 0.3 is 0 Å². The number of hydrogen-bond donors (Lipinski definition) is 2. The first-order chi connectivity index (χ1) is 11.7. The van der Waals surface area contributed by atoms with Crippen molar-refractivity contribution in [2.45, 2.75) is 38.3 Å². The SMILES string of the molecule is Cl.O=C(CC1COCCN1)Nc1cccc(CN2CCCCC2=O)c1. The summed E-state index contributed by atoms with van der Waals surface area (Å²) in [6.07, 6.45) is 3.10. The van der Waals surface area contributed by atoms with Crippen molar-refractivity contribution < 1.29 is 14.3 Å². The van der Waals surface area contributed by atoms with E-state index in [9.17, 15) is 9.59 Å². The minimum atomic E-state index is -0.0239. The number of ether oxygens (including phenoxy) is 1. The summed E-state index contributed by atoms with van der Waals surface area (Å²) in [5, 5.41) is 6.22. The molecule has 25 heavy (non-hydrogen) atoms. The average molecular weight is 368 g/mol. The number of piperidine rings is 1. The summed E-state index contributed by atoms with van der Waals surface area (Å²) < 4.78 is 5.37. The van der Waals surface area contributed by atoms with E-state index in [1.807, 2.05) is 29.2 Å². The molecule has 2 fully saturated rings. The zero-order valence-corrected chi connectivity index (χ0v) is 15.1. The molecule has 3 rings (SSSR count). The molecule has 2 aliphatic rings. The zero-order chi connectivity index (χ0) is 16.8. The molecule has 0 bridgehead atoms. The molecule has 1 atom stereocenters. The van der Waals surface area contributed by atoms with Gasteiger partial charge in [0, 0.05) is 44.2 Å². The Balaban J connectivity index is 0.00000225. The number of likely N-dealkylation sites (tertiary alicyclic amines) is 1. The smallest absolute Gasteiger partial charge is 0.226 e. The van der Waals surface area contributed by atoms with Gasteiger partial charge in [0.05, 0.1) is 13.2 Å². The number of anilines is 1. The third-order valence-electron chi connectivity index (χ3n) is 4.44. The topological polar surface area (TPSA) is 70.7 Å². The van der Waals surface area contributed by atoms with E-state index in [2.05, 4.69) is 10.6 Å². The Labute approximate surface area is 154 Å². The Hall–Kier alpha value is -1.63. The largest absolute Gasteiger partial charge is 0.378 e. The van der Waals surface area contributed by atoms with Crippen LogP contribution in [0, 0.1) is 0 Å². The lowest BCUT2D eigenvalue weighted by atomic mass is 10.1. The van der Waals surface area contributed by atoms with Gasteiger partial charge in [0.15, 0.2) is 0 Å². The second-order valence-corrected chi connectivity index (χ2v) is 6.45. The highest BCUT2D eigenvalue weighted by atomic mass is 35.5. The number of benzene rings is 1. The molecule has 0 aromatic heterocycles. The van der Waals surface area contributed by atoms with Crippen molar-refractivity contribution in [2.24, 2.45) is 0 Å². The summed E-state index contributed by atoms with van der Waals surface area (Å²) in [4.78, 5) is 26.0. The van der Waals surface area contributed by atoms with Gasteiger partial charge in [-0.05, 0) is 30.5 Å². The van der Waals surface area contributed by atoms with E-state index in [1.54, 1.807) is 0 Å². The van der Waals surface area contributed by atoms with E-state index in [4.69, 9.17) is 4.74 Å². The summed E-state index contributed by atoms with van der Waals surface area (Å²) in [7, 11) is 0. The maximum atomic E-state index is 12.2. The molecule has 2 N–H and O–H groups in total. The monoisotopic (exact) mass is 367 g/mol. The fourth-order valence-electron chi connectivity index (χ4n) is 3.18. The highest BCUT2D eigenvalue weighted by Crippen LogP contribution is 2.17. The van der Waals surface area contributed by atoms with Gasteiger partial charge < -0.3 is 20.3 Å². The average Bonchev–Trinajstić information content (AvgIpc) is 2.58. The fourth-order valence-corrected chi connectivity index (χ4v) is 3.18. The van der Waals surface area contributed by atoms with Crippen molar-refractivity contribution in [3.63, 3.8) is 0 Å². The highest BCUT2D eigenvalue weighted by molar-refractivity contribution is 5.91. The first-order valence-electron chi connectivity index (χ1n) is 8.68. The molecule has 2 amide bonds. The van der Waals surface area contributed by atoms with Crippen LogP contribution in [0.25, 0.3) is 0 Å². The molecule has 2 saturated heterocycles. The molecule has 0 aliphatic carbocycles. The standard InChI is InChI=1S/C18H25N3O3.ClH/c22-17(11-16-13-24-9-7-19-16)20-15-5-3-4-14(10-15)12-21-8-2-1-6-18(21)23;/h3-5,10,16,19H,1-2,6-9,11-13H2,(H,20,22);1H. The third kappa shape index (κ3) is 5.99. The quantitative estimate of drug-likeness (QED) is 0.834. The second-order valence-electron chi connectivity index (χ2n) is 6.45. The molecule has 2 aliphatic heterocycles. The fraction of sp³-hybridized carbons (Fsp3) is 0.556. The van der Waals surface area contributed by atoms with E-state index < -0.39 is 0 Å². The van der Waals surface area contributed by atoms with E-state index in [1.165, 1.54) is 0 Å². The van der Waals surface area contributed by atoms with Crippen molar-refractivity contribution in [1.82, 2.24) is 10.2 Å². The van der Waals surface area contributed by atoms with Gasteiger partial charge in [-0.3, -0.25) is 9.59 Å². The minimum Gasteiger partial charge on any atom is -0.378 e. The van der Waals surface area contributed by atoms with E-state index >= 15 is 0 Å². The van der Waals surface area contributed by atoms with Crippen LogP contribution in [0.5, 0.6) is 0 Å². The lowest BCUT2D eigenvalue weighted by molar-refractivity contribution is -0.133. The molecular weight excluding hydrogens is 342 g/mol. The number of carbonyl (C=O) groups is 2. The first kappa shape index (κ1) is 19.7. The van der Waals surface area contributed by atoms with Crippen LogP contribution in [0.4, 0.5) is 5.69 Å². The number of nitrogens with one attached hydrogen (secondary N) is 2. The van der Waals surface area contributed by atoms with Crippen LogP contribution in [-0.2, 0) is 20.9 Å². The van der Waals surface area contributed by atoms with Gasteiger partial charge in [-0.15, -0.1) is 12.4 Å². The first-order valence-corrected chi connectivity index (χ1v) is 8.68. The van der Waals surface area contributed by atoms with Crippen molar-refractivity contribution >= 4 is 29.9 Å². The molecule has 138 valence electrons. The van der Waals surface area contributed by atoms with Gasteiger partial charge in [-0.1, -0.05) is 12.1 Å². The Morgan fingerprint density at radius 3 is 3.00 bits per heavy atom. The summed E-state index contributed by atoms with van der Waals surface area (Å²) in [6.45, 7) is 3.50. The Morgan fingerprint density at radius 2 is 2.24 bits per heavy atom. The zero-order valence-electron chi connectivity index (χ0n) is 14.3. The molecule has 1 aromatic carbocycles. The molecule has 2 heterocycles. The summed E-state index contributed by atoms with van der Waals surface area (Å²) in [6, 6.07) is 7.82. The molecule has 1 aromatic rings. The second kappa shape index (κ2) is 9.75. The van der Waals surface area contributed by atoms with Gasteiger partial charge in [0.25, 0.3) is 0 Å². The Morgan fingerprint density at radius 1 is 1.36 bits per heavy atom. The third-order valence-corrected chi connectivity index (χ3v) is 4.44. The molecular formula is C18H26ClN3O3. The van der Waals surface area contributed by atoms with Crippen molar-refractivity contribution in [1.29, 1.82) is 0 Å². The van der Waals surface area contributed by atoms with E-state index in [-0.39, 0.29) is 30.3 Å².